The van der Waals surface area contributed by atoms with Crippen molar-refractivity contribution in [3.05, 3.63) is 69.6 Å². The van der Waals surface area contributed by atoms with Gasteiger partial charge in [0.05, 0.1) is 22.8 Å². The van der Waals surface area contributed by atoms with E-state index in [4.69, 9.17) is 4.74 Å². The van der Waals surface area contributed by atoms with Gasteiger partial charge in [-0.1, -0.05) is 42.1 Å². The van der Waals surface area contributed by atoms with Crippen molar-refractivity contribution in [3.8, 4) is 0 Å². The normalized spacial score (nSPS) is 20.0. The van der Waals surface area contributed by atoms with Crippen molar-refractivity contribution in [2.75, 3.05) is 31.1 Å². The van der Waals surface area contributed by atoms with E-state index in [-0.39, 0.29) is 29.0 Å². The largest absolute Gasteiger partial charge is 0.462 e. The number of aromatic nitrogens is 1. The smallest absolute Gasteiger partial charge is 0.344 e. The van der Waals surface area contributed by atoms with Crippen LogP contribution in [-0.2, 0) is 4.74 Å². The topological polar surface area (TPSA) is 63.6 Å². The summed E-state index contributed by atoms with van der Waals surface area (Å²) in [7, 11) is 0. The first-order valence-corrected chi connectivity index (χ1v) is 11.7. The lowest BCUT2D eigenvalue weighted by atomic mass is 10.1. The third-order valence-electron chi connectivity index (χ3n) is 5.96. The maximum atomic E-state index is 15.2. The lowest BCUT2D eigenvalue weighted by molar-refractivity contribution is 0.0518. The van der Waals surface area contributed by atoms with Crippen molar-refractivity contribution in [1.29, 1.82) is 0 Å². The number of fused-ring (bicyclic) bond motifs is 3. The molecule has 8 heteroatoms. The highest BCUT2D eigenvalue weighted by Crippen LogP contribution is 2.50. The molecule has 0 spiro atoms. The number of carbonyl (C=O) groups is 1. The second kappa shape index (κ2) is 8.26. The van der Waals surface area contributed by atoms with Crippen LogP contribution in [0.4, 0.5) is 10.1 Å². The first kappa shape index (κ1) is 21.0. The summed E-state index contributed by atoms with van der Waals surface area (Å²) in [6.45, 7) is 6.05. The Bertz CT molecular complexity index is 1260. The van der Waals surface area contributed by atoms with Crippen molar-refractivity contribution in [1.82, 2.24) is 9.88 Å². The average molecular weight is 454 g/mol. The minimum Gasteiger partial charge on any atom is -0.462 e. The monoisotopic (exact) mass is 453 g/mol. The third-order valence-corrected chi connectivity index (χ3v) is 7.29. The zero-order valence-electron chi connectivity index (χ0n) is 17.9. The fourth-order valence-corrected chi connectivity index (χ4v) is 5.74. The summed E-state index contributed by atoms with van der Waals surface area (Å²) in [6.07, 6.45) is 0. The summed E-state index contributed by atoms with van der Waals surface area (Å²) in [5.74, 6) is -1.12. The van der Waals surface area contributed by atoms with Gasteiger partial charge in [-0.05, 0) is 31.5 Å². The average Bonchev–Trinajstić information content (AvgIpc) is 2.76. The molecule has 1 fully saturated rings. The molecule has 2 atom stereocenters. The molecule has 1 saturated heterocycles. The second-order valence-electron chi connectivity index (χ2n) is 8.10. The molecule has 32 heavy (non-hydrogen) atoms. The highest BCUT2D eigenvalue weighted by atomic mass is 32.2. The number of piperazine rings is 1. The van der Waals surface area contributed by atoms with E-state index in [2.05, 4.69) is 12.2 Å². The number of benzene rings is 2. The van der Waals surface area contributed by atoms with Gasteiger partial charge < -0.3 is 19.5 Å². The lowest BCUT2D eigenvalue weighted by Gasteiger charge is -2.37. The van der Waals surface area contributed by atoms with E-state index in [0.29, 0.717) is 29.3 Å². The van der Waals surface area contributed by atoms with E-state index in [9.17, 15) is 9.59 Å². The van der Waals surface area contributed by atoms with Crippen LogP contribution >= 0.6 is 11.8 Å². The highest BCUT2D eigenvalue weighted by molar-refractivity contribution is 8.00. The quantitative estimate of drug-likeness (QED) is 0.607. The first-order chi connectivity index (χ1) is 15.5. The van der Waals surface area contributed by atoms with Crippen molar-refractivity contribution in [2.24, 2.45) is 0 Å². The van der Waals surface area contributed by atoms with Crippen molar-refractivity contribution < 1.29 is 13.9 Å². The summed E-state index contributed by atoms with van der Waals surface area (Å²) in [5.41, 5.74) is 1.66. The molecular formula is C24H24FN3O3S. The van der Waals surface area contributed by atoms with Gasteiger partial charge in [-0.2, -0.15) is 0 Å². The summed E-state index contributed by atoms with van der Waals surface area (Å²) in [4.78, 5) is 27.9. The van der Waals surface area contributed by atoms with Crippen LogP contribution in [0.1, 0.15) is 35.1 Å². The molecule has 6 nitrogen and oxygen atoms in total. The standard InChI is InChI=1S/C24H24FN3O3S/c1-3-31-24(30)20-21(29)16-11-17(25)19(27-10-9-26-14(2)13-27)12-18(16)28-22(32-23(20)28)15-7-5-4-6-8-15/h4-8,11-12,14,22,26H,3,9-10,13H2,1-2H3. The third kappa shape index (κ3) is 3.38. The summed E-state index contributed by atoms with van der Waals surface area (Å²) in [5, 5.41) is 4.02. The van der Waals surface area contributed by atoms with Gasteiger partial charge in [0, 0.05) is 31.1 Å². The number of nitrogens with zero attached hydrogens (tertiary/aromatic N) is 2. The number of rotatable bonds is 4. The number of halogens is 1. The van der Waals surface area contributed by atoms with E-state index in [1.807, 2.05) is 39.8 Å². The fourth-order valence-electron chi connectivity index (χ4n) is 4.46. The molecule has 0 aliphatic carbocycles. The Morgan fingerprint density at radius 2 is 2.06 bits per heavy atom. The maximum absolute atomic E-state index is 15.2. The molecule has 3 aromatic rings. The Hall–Kier alpha value is -2.84. The summed E-state index contributed by atoms with van der Waals surface area (Å²) < 4.78 is 22.4. The Balaban J connectivity index is 1.73. The van der Waals surface area contributed by atoms with Gasteiger partial charge in [0.2, 0.25) is 5.43 Å². The highest BCUT2D eigenvalue weighted by Gasteiger charge is 2.37. The number of carbonyl (C=O) groups excluding carboxylic acids is 1. The number of anilines is 1. The predicted octanol–water partition coefficient (Wildman–Crippen LogP) is 3.77. The fraction of sp³-hybridized carbons (Fsp3) is 0.333. The maximum Gasteiger partial charge on any atom is 0.344 e. The van der Waals surface area contributed by atoms with Gasteiger partial charge in [0.15, 0.2) is 0 Å². The molecule has 1 aromatic heterocycles. The molecule has 1 N–H and O–H groups in total. The van der Waals surface area contributed by atoms with Gasteiger partial charge in [0.1, 0.15) is 16.8 Å². The minimum atomic E-state index is -0.664. The molecule has 0 saturated carbocycles. The van der Waals surface area contributed by atoms with Crippen molar-refractivity contribution >= 4 is 34.3 Å². The molecular weight excluding hydrogens is 429 g/mol. The zero-order valence-corrected chi connectivity index (χ0v) is 18.7. The molecule has 2 unspecified atom stereocenters. The molecule has 2 aliphatic rings. The predicted molar refractivity (Wildman–Crippen MR) is 124 cm³/mol. The number of nitrogens with one attached hydrogen (secondary N) is 1. The van der Waals surface area contributed by atoms with Crippen LogP contribution in [0.15, 0.2) is 52.3 Å². The van der Waals surface area contributed by atoms with Crippen LogP contribution in [0.2, 0.25) is 0 Å². The first-order valence-electron chi connectivity index (χ1n) is 10.8. The SMILES string of the molecule is CCOC(=O)c1c2n(c3cc(N4CCNC(C)C4)c(F)cc3c1=O)C(c1ccccc1)S2. The van der Waals surface area contributed by atoms with Crippen LogP contribution in [0.5, 0.6) is 0 Å². The van der Waals surface area contributed by atoms with Gasteiger partial charge >= 0.3 is 5.97 Å². The van der Waals surface area contributed by atoms with Crippen LogP contribution < -0.4 is 15.6 Å². The molecule has 0 radical (unpaired) electrons. The number of pyridine rings is 1. The van der Waals surface area contributed by atoms with Crippen molar-refractivity contribution in [3.63, 3.8) is 0 Å². The van der Waals surface area contributed by atoms with Gasteiger partial charge in [-0.25, -0.2) is 9.18 Å². The minimum absolute atomic E-state index is 0.0144. The van der Waals surface area contributed by atoms with E-state index in [1.165, 1.54) is 17.8 Å². The van der Waals surface area contributed by atoms with Gasteiger partial charge in [-0.15, -0.1) is 0 Å². The van der Waals surface area contributed by atoms with Crippen LogP contribution in [0.3, 0.4) is 0 Å². The van der Waals surface area contributed by atoms with E-state index < -0.39 is 17.2 Å². The lowest BCUT2D eigenvalue weighted by Crippen LogP contribution is -2.49. The molecule has 5 rings (SSSR count). The van der Waals surface area contributed by atoms with E-state index in [1.54, 1.807) is 13.0 Å². The number of hydrogen-bond donors (Lipinski definition) is 1. The number of hydrogen-bond acceptors (Lipinski definition) is 6. The molecule has 0 amide bonds. The Morgan fingerprint density at radius 3 is 2.78 bits per heavy atom. The summed E-state index contributed by atoms with van der Waals surface area (Å²) >= 11 is 1.45. The van der Waals surface area contributed by atoms with Crippen LogP contribution in [0.25, 0.3) is 10.9 Å². The Labute approximate surface area is 189 Å². The van der Waals surface area contributed by atoms with Gasteiger partial charge in [0.25, 0.3) is 0 Å². The Morgan fingerprint density at radius 1 is 1.28 bits per heavy atom. The molecule has 0 bridgehead atoms. The molecule has 166 valence electrons. The second-order valence-corrected chi connectivity index (χ2v) is 9.17. The van der Waals surface area contributed by atoms with E-state index >= 15 is 4.39 Å². The molecule has 2 aromatic carbocycles. The zero-order chi connectivity index (χ0) is 22.4. The molecule has 2 aliphatic heterocycles. The van der Waals surface area contributed by atoms with E-state index in [0.717, 1.165) is 12.1 Å². The summed E-state index contributed by atoms with van der Waals surface area (Å²) in [6, 6.07) is 13.2. The number of ether oxygens (including phenoxy) is 1. The number of thioether (sulfide) groups is 1. The Kier molecular flexibility index (Phi) is 5.43. The van der Waals surface area contributed by atoms with Gasteiger partial charge in [-0.3, -0.25) is 4.79 Å². The van der Waals surface area contributed by atoms with Crippen LogP contribution in [0, 0.1) is 5.82 Å². The molecule has 3 heterocycles. The van der Waals surface area contributed by atoms with Crippen LogP contribution in [-0.4, -0.2) is 42.8 Å². The number of esters is 1. The van der Waals surface area contributed by atoms with Crippen molar-refractivity contribution in [2.45, 2.75) is 30.3 Å².